The van der Waals surface area contributed by atoms with Crippen LogP contribution >= 0.6 is 23.5 Å². The Labute approximate surface area is 237 Å². The SMILES string of the molecule is c1ccc2c(c1)-c1cc3ccccc3cc1C2(c1ccc(OCC2CS2)cc1)c1ccc(OCC2CS2)cc1. The minimum Gasteiger partial charge on any atom is -0.492 e. The molecule has 5 aromatic rings. The average Bonchev–Trinajstić information content (AvgIpc) is 3.93. The molecule has 0 aromatic heterocycles. The first kappa shape index (κ1) is 23.5. The van der Waals surface area contributed by atoms with Crippen molar-refractivity contribution in [2.75, 3.05) is 24.7 Å². The van der Waals surface area contributed by atoms with E-state index in [1.54, 1.807) is 0 Å². The third-order valence-corrected chi connectivity index (χ3v) is 10.0. The second kappa shape index (κ2) is 9.39. The van der Waals surface area contributed by atoms with E-state index >= 15 is 0 Å². The Bertz CT molecular complexity index is 1610. The highest BCUT2D eigenvalue weighted by Crippen LogP contribution is 2.57. The highest BCUT2D eigenvalue weighted by atomic mass is 32.2. The third-order valence-electron chi connectivity index (χ3n) is 8.16. The first-order chi connectivity index (χ1) is 19.3. The highest BCUT2D eigenvalue weighted by molar-refractivity contribution is 8.07. The second-order valence-corrected chi connectivity index (χ2v) is 13.3. The van der Waals surface area contributed by atoms with Crippen molar-refractivity contribution in [1.29, 1.82) is 0 Å². The predicted octanol–water partition coefficient (Wildman–Crippen LogP) is 8.19. The Balaban J connectivity index is 1.32. The van der Waals surface area contributed by atoms with E-state index in [1.807, 2.05) is 23.5 Å². The first-order valence-electron chi connectivity index (χ1n) is 13.6. The van der Waals surface area contributed by atoms with Gasteiger partial charge in [-0.2, -0.15) is 23.5 Å². The number of ether oxygens (including phenoxy) is 2. The summed E-state index contributed by atoms with van der Waals surface area (Å²) >= 11 is 3.93. The van der Waals surface area contributed by atoms with Crippen molar-refractivity contribution in [2.24, 2.45) is 0 Å². The maximum atomic E-state index is 6.11. The van der Waals surface area contributed by atoms with Gasteiger partial charge in [-0.25, -0.2) is 0 Å². The maximum absolute atomic E-state index is 6.11. The molecule has 0 radical (unpaired) electrons. The lowest BCUT2D eigenvalue weighted by Gasteiger charge is -2.34. The van der Waals surface area contributed by atoms with E-state index in [4.69, 9.17) is 9.47 Å². The fraction of sp³-hybridized carbons (Fsp3) is 0.200. The molecule has 2 fully saturated rings. The number of hydrogen-bond donors (Lipinski definition) is 0. The molecule has 0 bridgehead atoms. The van der Waals surface area contributed by atoms with Crippen LogP contribution in [0, 0.1) is 0 Å². The summed E-state index contributed by atoms with van der Waals surface area (Å²) in [4.78, 5) is 0. The van der Waals surface area contributed by atoms with Crippen molar-refractivity contribution < 1.29 is 9.47 Å². The molecule has 3 aliphatic rings. The molecule has 4 heteroatoms. The molecule has 192 valence electrons. The van der Waals surface area contributed by atoms with Crippen molar-refractivity contribution in [3.63, 3.8) is 0 Å². The van der Waals surface area contributed by atoms with Gasteiger partial charge in [-0.3, -0.25) is 0 Å². The summed E-state index contributed by atoms with van der Waals surface area (Å²) in [6.07, 6.45) is 0. The van der Waals surface area contributed by atoms with Crippen LogP contribution in [0.3, 0.4) is 0 Å². The fourth-order valence-corrected chi connectivity index (χ4v) is 6.85. The van der Waals surface area contributed by atoms with E-state index in [0.717, 1.165) is 24.7 Å². The van der Waals surface area contributed by atoms with Crippen molar-refractivity contribution in [2.45, 2.75) is 15.9 Å². The highest BCUT2D eigenvalue weighted by Gasteiger charge is 2.46. The number of thioether (sulfide) groups is 2. The van der Waals surface area contributed by atoms with Gasteiger partial charge in [-0.1, -0.05) is 72.8 Å². The first-order valence-corrected chi connectivity index (χ1v) is 15.7. The maximum Gasteiger partial charge on any atom is 0.119 e. The van der Waals surface area contributed by atoms with Gasteiger partial charge in [0, 0.05) is 22.0 Å². The molecule has 2 saturated heterocycles. The smallest absolute Gasteiger partial charge is 0.119 e. The van der Waals surface area contributed by atoms with Crippen LogP contribution in [0.4, 0.5) is 0 Å². The molecule has 2 aliphatic heterocycles. The number of rotatable bonds is 8. The molecule has 0 N–H and O–H groups in total. The molecule has 5 aromatic carbocycles. The van der Waals surface area contributed by atoms with Crippen LogP contribution in [0.2, 0.25) is 0 Å². The van der Waals surface area contributed by atoms with E-state index in [2.05, 4.69) is 109 Å². The van der Waals surface area contributed by atoms with Crippen molar-refractivity contribution in [3.05, 3.63) is 131 Å². The third kappa shape index (κ3) is 4.13. The van der Waals surface area contributed by atoms with Gasteiger partial charge in [0.1, 0.15) is 24.7 Å². The molecule has 0 spiro atoms. The Hall–Kier alpha value is -3.34. The molecular formula is C35H28O2S2. The van der Waals surface area contributed by atoms with Gasteiger partial charge >= 0.3 is 0 Å². The predicted molar refractivity (Wildman–Crippen MR) is 165 cm³/mol. The van der Waals surface area contributed by atoms with Crippen LogP contribution in [0.1, 0.15) is 22.3 Å². The van der Waals surface area contributed by atoms with E-state index in [9.17, 15) is 0 Å². The van der Waals surface area contributed by atoms with E-state index in [0.29, 0.717) is 10.5 Å². The largest absolute Gasteiger partial charge is 0.492 e. The van der Waals surface area contributed by atoms with Gasteiger partial charge in [0.05, 0.1) is 5.41 Å². The molecule has 39 heavy (non-hydrogen) atoms. The summed E-state index contributed by atoms with van der Waals surface area (Å²) < 4.78 is 12.2. The van der Waals surface area contributed by atoms with Crippen molar-refractivity contribution in [3.8, 4) is 22.6 Å². The topological polar surface area (TPSA) is 18.5 Å². The zero-order chi connectivity index (χ0) is 25.8. The quantitative estimate of drug-likeness (QED) is 0.180. The second-order valence-electron chi connectivity index (χ2n) is 10.6. The Morgan fingerprint density at radius 2 is 1.08 bits per heavy atom. The molecule has 2 heterocycles. The molecule has 2 atom stereocenters. The zero-order valence-electron chi connectivity index (χ0n) is 21.5. The summed E-state index contributed by atoms with van der Waals surface area (Å²) in [6.45, 7) is 1.57. The lowest BCUT2D eigenvalue weighted by molar-refractivity contribution is 0.329. The Morgan fingerprint density at radius 3 is 1.64 bits per heavy atom. The van der Waals surface area contributed by atoms with Crippen LogP contribution in [0.5, 0.6) is 11.5 Å². The van der Waals surface area contributed by atoms with Gasteiger partial charge in [-0.15, -0.1) is 0 Å². The van der Waals surface area contributed by atoms with Crippen molar-refractivity contribution in [1.82, 2.24) is 0 Å². The van der Waals surface area contributed by atoms with Crippen LogP contribution in [-0.4, -0.2) is 35.2 Å². The van der Waals surface area contributed by atoms with Gasteiger partial charge < -0.3 is 9.47 Å². The molecule has 2 nitrogen and oxygen atoms in total. The van der Waals surface area contributed by atoms with Crippen molar-refractivity contribution >= 4 is 34.3 Å². The van der Waals surface area contributed by atoms with E-state index in [-0.39, 0.29) is 0 Å². The van der Waals surface area contributed by atoms with Gasteiger partial charge in [0.2, 0.25) is 0 Å². The minimum atomic E-state index is -0.439. The summed E-state index contributed by atoms with van der Waals surface area (Å²) in [5.74, 6) is 4.30. The summed E-state index contributed by atoms with van der Waals surface area (Å²) in [5.41, 5.74) is 7.32. The number of fused-ring (bicyclic) bond motifs is 4. The van der Waals surface area contributed by atoms with E-state index < -0.39 is 5.41 Å². The molecule has 0 saturated carbocycles. The Morgan fingerprint density at radius 1 is 0.564 bits per heavy atom. The van der Waals surface area contributed by atoms with Gasteiger partial charge in [0.15, 0.2) is 0 Å². The van der Waals surface area contributed by atoms with Crippen LogP contribution in [0.15, 0.2) is 109 Å². The van der Waals surface area contributed by atoms with Crippen LogP contribution in [-0.2, 0) is 5.41 Å². The lowest BCUT2D eigenvalue weighted by Crippen LogP contribution is -2.28. The zero-order valence-corrected chi connectivity index (χ0v) is 23.1. The van der Waals surface area contributed by atoms with Crippen LogP contribution < -0.4 is 9.47 Å². The fourth-order valence-electron chi connectivity index (χ4n) is 6.06. The summed E-state index contributed by atoms with van der Waals surface area (Å²) in [5, 5.41) is 3.83. The van der Waals surface area contributed by atoms with Gasteiger partial charge in [0.25, 0.3) is 0 Å². The molecule has 1 aliphatic carbocycles. The normalized spacial score (nSPS) is 22.3. The molecule has 2 unspecified atom stereocenters. The minimum absolute atomic E-state index is 0.439. The molecule has 0 amide bonds. The lowest BCUT2D eigenvalue weighted by atomic mass is 9.67. The monoisotopic (exact) mass is 544 g/mol. The molecule has 8 rings (SSSR count). The number of hydrogen-bond acceptors (Lipinski definition) is 4. The summed E-state index contributed by atoms with van der Waals surface area (Å²) in [6, 6.07) is 40.1. The van der Waals surface area contributed by atoms with Crippen LogP contribution in [0.25, 0.3) is 21.9 Å². The van der Waals surface area contributed by atoms with Gasteiger partial charge in [-0.05, 0) is 80.6 Å². The van der Waals surface area contributed by atoms with E-state index in [1.165, 1.54) is 55.7 Å². The summed E-state index contributed by atoms with van der Waals surface area (Å²) in [7, 11) is 0. The Kier molecular flexibility index (Phi) is 5.67. The number of benzene rings is 5. The molecular weight excluding hydrogens is 517 g/mol. The average molecular weight is 545 g/mol. The standard InChI is InChI=1S/C35H28O2S2/c1-2-6-24-18-34-32(17-23(24)5-1)31-7-3-4-8-33(31)35(34,25-9-13-27(14-10-25)36-19-29-21-38-29)26-11-15-28(16-12-26)37-20-30-22-39-30/h1-18,29-30H,19-22H2.